The molecule has 2 amide bonds. The molecule has 0 aromatic carbocycles. The van der Waals surface area contributed by atoms with E-state index in [1.54, 1.807) is 23.8 Å². The Hall–Kier alpha value is -3.42. The van der Waals surface area contributed by atoms with Gasteiger partial charge in [-0.1, -0.05) is 6.07 Å². The SMILES string of the molecule is CNC(=O)c1ccc(-c2cc3c(NC(C)C4CC4)c(C(N)=O)cnn3c2)cn1. The Kier molecular flexibility index (Phi) is 4.46. The maximum Gasteiger partial charge on any atom is 0.269 e. The van der Waals surface area contributed by atoms with Gasteiger partial charge < -0.3 is 16.4 Å². The topological polar surface area (TPSA) is 114 Å². The van der Waals surface area contributed by atoms with Crippen LogP contribution < -0.4 is 16.4 Å². The Bertz CT molecular complexity index is 1050. The Balaban J connectivity index is 1.75. The van der Waals surface area contributed by atoms with Gasteiger partial charge in [0.15, 0.2) is 0 Å². The number of hydrogen-bond acceptors (Lipinski definition) is 5. The lowest BCUT2D eigenvalue weighted by Crippen LogP contribution is -2.22. The summed E-state index contributed by atoms with van der Waals surface area (Å²) in [5.74, 6) is -0.133. The van der Waals surface area contributed by atoms with Crippen LogP contribution in [-0.4, -0.2) is 39.5 Å². The van der Waals surface area contributed by atoms with Gasteiger partial charge in [0, 0.05) is 36.6 Å². The summed E-state index contributed by atoms with van der Waals surface area (Å²) < 4.78 is 1.72. The summed E-state index contributed by atoms with van der Waals surface area (Å²) in [5.41, 5.74) is 9.50. The fourth-order valence-electron chi connectivity index (χ4n) is 3.32. The molecule has 0 aliphatic heterocycles. The molecule has 28 heavy (non-hydrogen) atoms. The first kappa shape index (κ1) is 18.0. The number of carbonyl (C=O) groups is 2. The number of fused-ring (bicyclic) bond motifs is 1. The number of nitrogens with two attached hydrogens (primary N) is 1. The first-order valence-corrected chi connectivity index (χ1v) is 9.24. The molecule has 0 saturated heterocycles. The zero-order valence-corrected chi connectivity index (χ0v) is 15.8. The molecular formula is C20H22N6O2. The molecule has 1 atom stereocenters. The largest absolute Gasteiger partial charge is 0.380 e. The Morgan fingerprint density at radius 1 is 1.25 bits per heavy atom. The van der Waals surface area contributed by atoms with Crippen LogP contribution in [0.4, 0.5) is 5.69 Å². The van der Waals surface area contributed by atoms with E-state index in [9.17, 15) is 9.59 Å². The molecule has 1 aliphatic rings. The van der Waals surface area contributed by atoms with Crippen molar-refractivity contribution in [3.05, 3.63) is 48.0 Å². The highest BCUT2D eigenvalue weighted by Gasteiger charge is 2.29. The number of amides is 2. The van der Waals surface area contributed by atoms with Crippen LogP contribution in [0.5, 0.6) is 0 Å². The molecule has 0 spiro atoms. The molecule has 0 bridgehead atoms. The third-order valence-corrected chi connectivity index (χ3v) is 5.16. The summed E-state index contributed by atoms with van der Waals surface area (Å²) in [6, 6.07) is 5.70. The van der Waals surface area contributed by atoms with E-state index in [-0.39, 0.29) is 11.9 Å². The predicted octanol–water partition coefficient (Wildman–Crippen LogP) is 2.07. The lowest BCUT2D eigenvalue weighted by atomic mass is 10.1. The molecule has 3 aromatic rings. The minimum Gasteiger partial charge on any atom is -0.380 e. The van der Waals surface area contributed by atoms with Gasteiger partial charge in [-0.25, -0.2) is 4.52 Å². The van der Waals surface area contributed by atoms with Gasteiger partial charge in [0.2, 0.25) is 0 Å². The molecule has 0 radical (unpaired) electrons. The Morgan fingerprint density at radius 2 is 2.04 bits per heavy atom. The first-order chi connectivity index (χ1) is 13.5. The third kappa shape index (κ3) is 3.28. The number of aromatic nitrogens is 3. The smallest absolute Gasteiger partial charge is 0.269 e. The van der Waals surface area contributed by atoms with Gasteiger partial charge in [0.25, 0.3) is 11.8 Å². The molecule has 1 unspecified atom stereocenters. The van der Waals surface area contributed by atoms with Crippen LogP contribution in [0.3, 0.4) is 0 Å². The van der Waals surface area contributed by atoms with Crippen LogP contribution in [0.15, 0.2) is 36.8 Å². The molecule has 3 heterocycles. The quantitative estimate of drug-likeness (QED) is 0.607. The van der Waals surface area contributed by atoms with Crippen molar-refractivity contribution < 1.29 is 9.59 Å². The highest BCUT2D eigenvalue weighted by molar-refractivity contribution is 6.02. The van der Waals surface area contributed by atoms with Crippen molar-refractivity contribution in [3.63, 3.8) is 0 Å². The second-order valence-electron chi connectivity index (χ2n) is 7.14. The number of anilines is 1. The monoisotopic (exact) mass is 378 g/mol. The number of pyridine rings is 1. The minimum absolute atomic E-state index is 0.234. The van der Waals surface area contributed by atoms with Crippen LogP contribution in [0, 0.1) is 5.92 Å². The molecule has 4 N–H and O–H groups in total. The van der Waals surface area contributed by atoms with Crippen molar-refractivity contribution >= 4 is 23.0 Å². The molecule has 1 aliphatic carbocycles. The molecule has 8 heteroatoms. The zero-order chi connectivity index (χ0) is 19.8. The lowest BCUT2D eigenvalue weighted by Gasteiger charge is -2.17. The first-order valence-electron chi connectivity index (χ1n) is 9.24. The predicted molar refractivity (Wildman–Crippen MR) is 106 cm³/mol. The van der Waals surface area contributed by atoms with Crippen LogP contribution >= 0.6 is 0 Å². The van der Waals surface area contributed by atoms with Crippen molar-refractivity contribution in [2.75, 3.05) is 12.4 Å². The fourth-order valence-corrected chi connectivity index (χ4v) is 3.32. The van der Waals surface area contributed by atoms with Crippen LogP contribution in [0.1, 0.15) is 40.6 Å². The molecule has 1 saturated carbocycles. The summed E-state index contributed by atoms with van der Waals surface area (Å²) in [4.78, 5) is 27.8. The van der Waals surface area contributed by atoms with Gasteiger partial charge in [-0.15, -0.1) is 0 Å². The summed E-state index contributed by atoms with van der Waals surface area (Å²) in [7, 11) is 1.57. The summed E-state index contributed by atoms with van der Waals surface area (Å²) in [5, 5.41) is 10.3. The van der Waals surface area contributed by atoms with Crippen molar-refractivity contribution in [2.24, 2.45) is 11.7 Å². The van der Waals surface area contributed by atoms with Gasteiger partial charge in [-0.05, 0) is 37.8 Å². The van der Waals surface area contributed by atoms with E-state index < -0.39 is 5.91 Å². The van der Waals surface area contributed by atoms with Gasteiger partial charge in [0.1, 0.15) is 5.69 Å². The van der Waals surface area contributed by atoms with Crippen molar-refractivity contribution in [3.8, 4) is 11.1 Å². The standard InChI is InChI=1S/C20H22N6O2/c1-11(12-3-4-12)25-18-15(19(21)27)9-24-26-10-14(7-17(18)26)13-5-6-16(23-8-13)20(28)22-2/h5-12,25H,3-4H2,1-2H3,(H2,21,27)(H,22,28). The molecule has 4 rings (SSSR count). The normalized spacial score (nSPS) is 14.6. The van der Waals surface area contributed by atoms with Gasteiger partial charge >= 0.3 is 0 Å². The fraction of sp³-hybridized carbons (Fsp3) is 0.300. The summed E-state index contributed by atoms with van der Waals surface area (Å²) in [6.07, 6.45) is 7.39. The van der Waals surface area contributed by atoms with E-state index in [2.05, 4.69) is 27.6 Å². The van der Waals surface area contributed by atoms with E-state index in [1.165, 1.54) is 19.0 Å². The summed E-state index contributed by atoms with van der Waals surface area (Å²) in [6.45, 7) is 2.12. The highest BCUT2D eigenvalue weighted by Crippen LogP contribution is 2.36. The average Bonchev–Trinajstić information content (AvgIpc) is 3.46. The van der Waals surface area contributed by atoms with Gasteiger partial charge in [-0.3, -0.25) is 14.6 Å². The van der Waals surface area contributed by atoms with Gasteiger partial charge in [-0.2, -0.15) is 5.10 Å². The van der Waals surface area contributed by atoms with E-state index in [4.69, 9.17) is 5.73 Å². The van der Waals surface area contributed by atoms with Crippen molar-refractivity contribution in [1.82, 2.24) is 19.9 Å². The maximum atomic E-state index is 11.9. The van der Waals surface area contributed by atoms with Crippen LogP contribution in [0.25, 0.3) is 16.6 Å². The van der Waals surface area contributed by atoms with Gasteiger partial charge in [0.05, 0.1) is 23.0 Å². The average molecular weight is 378 g/mol. The highest BCUT2D eigenvalue weighted by atomic mass is 16.2. The van der Waals surface area contributed by atoms with Crippen LogP contribution in [-0.2, 0) is 0 Å². The Morgan fingerprint density at radius 3 is 2.64 bits per heavy atom. The molecule has 1 fully saturated rings. The van der Waals surface area contributed by atoms with Crippen molar-refractivity contribution in [2.45, 2.75) is 25.8 Å². The third-order valence-electron chi connectivity index (χ3n) is 5.16. The van der Waals surface area contributed by atoms with E-state index in [0.717, 1.165) is 16.6 Å². The maximum absolute atomic E-state index is 11.9. The number of carbonyl (C=O) groups excluding carboxylic acids is 2. The number of nitrogens with one attached hydrogen (secondary N) is 2. The van der Waals surface area contributed by atoms with Crippen LogP contribution in [0.2, 0.25) is 0 Å². The molecule has 3 aromatic heterocycles. The number of rotatable bonds is 6. The number of nitrogens with zero attached hydrogens (tertiary/aromatic N) is 3. The Labute approximate surface area is 162 Å². The molecule has 144 valence electrons. The second-order valence-corrected chi connectivity index (χ2v) is 7.14. The van der Waals surface area contributed by atoms with Crippen molar-refractivity contribution in [1.29, 1.82) is 0 Å². The van der Waals surface area contributed by atoms with E-state index in [0.29, 0.717) is 22.9 Å². The summed E-state index contributed by atoms with van der Waals surface area (Å²) >= 11 is 0. The van der Waals surface area contributed by atoms with E-state index in [1.807, 2.05) is 18.3 Å². The minimum atomic E-state index is -0.514. The second kappa shape index (κ2) is 6.95. The number of hydrogen-bond donors (Lipinski definition) is 3. The lowest BCUT2D eigenvalue weighted by molar-refractivity contribution is 0.0956. The van der Waals surface area contributed by atoms with E-state index >= 15 is 0 Å². The number of primary amides is 1. The zero-order valence-electron chi connectivity index (χ0n) is 15.8. The molecular weight excluding hydrogens is 356 g/mol. The molecule has 8 nitrogen and oxygen atoms in total.